The predicted octanol–water partition coefficient (Wildman–Crippen LogP) is 0.0892. The topological polar surface area (TPSA) is 41.6 Å². The molecule has 4 heteroatoms. The van der Waals surface area contributed by atoms with Crippen LogP contribution in [0.4, 0.5) is 0 Å². The number of piperidine rings is 1. The molecule has 0 aromatic carbocycles. The van der Waals surface area contributed by atoms with Gasteiger partial charge < -0.3 is 15.0 Å². The molecule has 1 aliphatic heterocycles. The van der Waals surface area contributed by atoms with E-state index in [1.165, 1.54) is 0 Å². The Morgan fingerprint density at radius 2 is 2.21 bits per heavy atom. The van der Waals surface area contributed by atoms with E-state index in [1.54, 1.807) is 0 Å². The van der Waals surface area contributed by atoms with Crippen molar-refractivity contribution < 1.29 is 9.53 Å². The Morgan fingerprint density at radius 1 is 1.50 bits per heavy atom. The van der Waals surface area contributed by atoms with Gasteiger partial charge in [-0.2, -0.15) is 0 Å². The van der Waals surface area contributed by atoms with Crippen LogP contribution < -0.4 is 5.32 Å². The number of rotatable bonds is 3. The third kappa shape index (κ3) is 2.96. The number of hydrogen-bond donors (Lipinski definition) is 1. The average Bonchev–Trinajstić information content (AvgIpc) is 2.18. The quantitative estimate of drug-likeness (QED) is 0.656. The highest BCUT2D eigenvalue weighted by Crippen LogP contribution is 2.15. The minimum Gasteiger partial charge on any atom is -0.466 e. The number of likely N-dealkylation sites (N-methyl/N-ethyl adjacent to an activating group) is 1. The number of nitrogens with one attached hydrogen (secondary N) is 1. The smallest absolute Gasteiger partial charge is 0.310 e. The minimum absolute atomic E-state index is 0.0242. The zero-order chi connectivity index (χ0) is 10.6. The van der Waals surface area contributed by atoms with Crippen molar-refractivity contribution in [2.45, 2.75) is 19.4 Å². The van der Waals surface area contributed by atoms with E-state index in [1.807, 2.05) is 21.0 Å². The molecule has 82 valence electrons. The van der Waals surface area contributed by atoms with Crippen molar-refractivity contribution in [3.8, 4) is 0 Å². The Hall–Kier alpha value is -0.610. The van der Waals surface area contributed by atoms with Crippen LogP contribution in [0.2, 0.25) is 0 Å². The summed E-state index contributed by atoms with van der Waals surface area (Å²) in [5, 5.41) is 3.26. The van der Waals surface area contributed by atoms with Gasteiger partial charge in [0.25, 0.3) is 0 Å². The Balaban J connectivity index is 2.43. The van der Waals surface area contributed by atoms with Crippen molar-refractivity contribution in [1.29, 1.82) is 0 Å². The van der Waals surface area contributed by atoms with Gasteiger partial charge in [-0.15, -0.1) is 0 Å². The molecule has 0 bridgehead atoms. The average molecular weight is 200 g/mol. The Bertz CT molecular complexity index is 195. The standard InChI is InChI=1S/C10H20N2O2/c1-4-14-10(13)8-5-9(12(2)3)7-11-6-8/h8-9,11H,4-7H2,1-3H3. The molecule has 1 aliphatic rings. The van der Waals surface area contributed by atoms with Crippen LogP contribution in [0, 0.1) is 5.92 Å². The third-order valence-corrected chi connectivity index (χ3v) is 2.68. The van der Waals surface area contributed by atoms with E-state index in [2.05, 4.69) is 10.2 Å². The SMILES string of the molecule is CCOC(=O)C1CNCC(N(C)C)C1. The van der Waals surface area contributed by atoms with Gasteiger partial charge in [-0.25, -0.2) is 0 Å². The molecule has 1 fully saturated rings. The monoisotopic (exact) mass is 200 g/mol. The number of hydrogen-bond acceptors (Lipinski definition) is 4. The second kappa shape index (κ2) is 5.32. The van der Waals surface area contributed by atoms with Gasteiger partial charge in [0.15, 0.2) is 0 Å². The van der Waals surface area contributed by atoms with Crippen LogP contribution >= 0.6 is 0 Å². The Morgan fingerprint density at radius 3 is 2.79 bits per heavy atom. The lowest BCUT2D eigenvalue weighted by atomic mass is 9.95. The maximum Gasteiger partial charge on any atom is 0.310 e. The molecule has 1 rings (SSSR count). The predicted molar refractivity (Wildman–Crippen MR) is 55.1 cm³/mol. The maximum absolute atomic E-state index is 11.5. The van der Waals surface area contributed by atoms with Crippen molar-refractivity contribution in [2.24, 2.45) is 5.92 Å². The summed E-state index contributed by atoms with van der Waals surface area (Å²) < 4.78 is 5.01. The molecular weight excluding hydrogens is 180 g/mol. The third-order valence-electron chi connectivity index (χ3n) is 2.68. The molecule has 1 heterocycles. The molecule has 0 radical (unpaired) electrons. The van der Waals surface area contributed by atoms with Gasteiger partial charge in [0.05, 0.1) is 12.5 Å². The van der Waals surface area contributed by atoms with Gasteiger partial charge >= 0.3 is 5.97 Å². The highest BCUT2D eigenvalue weighted by Gasteiger charge is 2.28. The highest BCUT2D eigenvalue weighted by atomic mass is 16.5. The fraction of sp³-hybridized carbons (Fsp3) is 0.900. The molecule has 0 aromatic heterocycles. The molecule has 0 amide bonds. The van der Waals surface area contributed by atoms with Crippen LogP contribution in [-0.2, 0) is 9.53 Å². The van der Waals surface area contributed by atoms with E-state index in [9.17, 15) is 4.79 Å². The Kier molecular flexibility index (Phi) is 4.35. The molecule has 1 N–H and O–H groups in total. The summed E-state index contributed by atoms with van der Waals surface area (Å²) >= 11 is 0. The molecule has 0 saturated carbocycles. The zero-order valence-corrected chi connectivity index (χ0v) is 9.25. The molecule has 4 nitrogen and oxygen atoms in total. The maximum atomic E-state index is 11.5. The molecule has 0 spiro atoms. The van der Waals surface area contributed by atoms with Crippen LogP contribution in [0.1, 0.15) is 13.3 Å². The van der Waals surface area contributed by atoms with E-state index in [0.717, 1.165) is 19.5 Å². The molecule has 14 heavy (non-hydrogen) atoms. The molecule has 2 atom stereocenters. The Labute approximate surface area is 85.6 Å². The molecule has 0 aromatic rings. The second-order valence-corrected chi connectivity index (χ2v) is 3.96. The van der Waals surface area contributed by atoms with Gasteiger partial charge in [0.2, 0.25) is 0 Å². The lowest BCUT2D eigenvalue weighted by Gasteiger charge is -2.32. The van der Waals surface area contributed by atoms with Gasteiger partial charge in [-0.05, 0) is 27.4 Å². The lowest BCUT2D eigenvalue weighted by Crippen LogP contribution is -2.48. The molecule has 1 saturated heterocycles. The largest absolute Gasteiger partial charge is 0.466 e. The van der Waals surface area contributed by atoms with E-state index < -0.39 is 0 Å². The molecule has 0 aliphatic carbocycles. The van der Waals surface area contributed by atoms with E-state index in [0.29, 0.717) is 12.6 Å². The van der Waals surface area contributed by atoms with Gasteiger partial charge in [-0.3, -0.25) is 4.79 Å². The summed E-state index contributed by atoms with van der Waals surface area (Å²) in [5.74, 6) is -0.0392. The summed E-state index contributed by atoms with van der Waals surface area (Å²) in [6.07, 6.45) is 0.902. The summed E-state index contributed by atoms with van der Waals surface area (Å²) in [6, 6.07) is 0.443. The first-order valence-corrected chi connectivity index (χ1v) is 5.19. The summed E-state index contributed by atoms with van der Waals surface area (Å²) in [5.41, 5.74) is 0. The van der Waals surface area contributed by atoms with Crippen LogP contribution in [0.15, 0.2) is 0 Å². The van der Waals surface area contributed by atoms with Crippen LogP contribution in [0.25, 0.3) is 0 Å². The van der Waals surface area contributed by atoms with Crippen molar-refractivity contribution in [1.82, 2.24) is 10.2 Å². The number of ether oxygens (including phenoxy) is 1. The fourth-order valence-corrected chi connectivity index (χ4v) is 1.75. The van der Waals surface area contributed by atoms with Gasteiger partial charge in [0.1, 0.15) is 0 Å². The van der Waals surface area contributed by atoms with E-state index in [4.69, 9.17) is 4.74 Å². The van der Waals surface area contributed by atoms with Crippen molar-refractivity contribution in [2.75, 3.05) is 33.8 Å². The number of esters is 1. The first-order chi connectivity index (χ1) is 6.65. The number of nitrogens with zero attached hydrogens (tertiary/aromatic N) is 1. The highest BCUT2D eigenvalue weighted by molar-refractivity contribution is 5.72. The van der Waals surface area contributed by atoms with Crippen molar-refractivity contribution in [3.63, 3.8) is 0 Å². The normalized spacial score (nSPS) is 27.7. The summed E-state index contributed by atoms with van der Waals surface area (Å²) in [7, 11) is 4.08. The van der Waals surface area contributed by atoms with E-state index in [-0.39, 0.29) is 11.9 Å². The number of carbonyl (C=O) groups excluding carboxylic acids is 1. The number of carbonyl (C=O) groups is 1. The molecule has 2 unspecified atom stereocenters. The van der Waals surface area contributed by atoms with Crippen molar-refractivity contribution in [3.05, 3.63) is 0 Å². The second-order valence-electron chi connectivity index (χ2n) is 3.96. The summed E-state index contributed by atoms with van der Waals surface area (Å²) in [4.78, 5) is 13.6. The zero-order valence-electron chi connectivity index (χ0n) is 9.25. The molecular formula is C10H20N2O2. The van der Waals surface area contributed by atoms with Gasteiger partial charge in [-0.1, -0.05) is 0 Å². The van der Waals surface area contributed by atoms with Crippen LogP contribution in [0.5, 0.6) is 0 Å². The van der Waals surface area contributed by atoms with Gasteiger partial charge in [0, 0.05) is 19.1 Å². The minimum atomic E-state index is -0.0634. The van der Waals surface area contributed by atoms with Crippen LogP contribution in [0.3, 0.4) is 0 Å². The van der Waals surface area contributed by atoms with Crippen LogP contribution in [-0.4, -0.2) is 50.7 Å². The summed E-state index contributed by atoms with van der Waals surface area (Å²) in [6.45, 7) is 4.03. The van der Waals surface area contributed by atoms with Crippen molar-refractivity contribution >= 4 is 5.97 Å². The first kappa shape index (κ1) is 11.5. The fourth-order valence-electron chi connectivity index (χ4n) is 1.75. The first-order valence-electron chi connectivity index (χ1n) is 5.19. The van der Waals surface area contributed by atoms with E-state index >= 15 is 0 Å². The lowest BCUT2D eigenvalue weighted by molar-refractivity contribution is -0.149.